The zero-order chi connectivity index (χ0) is 14.9. The summed E-state index contributed by atoms with van der Waals surface area (Å²) in [5.41, 5.74) is -0.796. The van der Waals surface area contributed by atoms with E-state index in [9.17, 15) is 14.4 Å². The summed E-state index contributed by atoms with van der Waals surface area (Å²) < 4.78 is 4.54. The Morgan fingerprint density at radius 3 is 2.60 bits per heavy atom. The number of carbonyl (C=O) groups is 3. The minimum atomic E-state index is -0.796. The molecular weight excluding hydrogens is 260 g/mol. The number of nitrogens with zero attached hydrogens (tertiary/aromatic N) is 1. The number of imide groups is 1. The van der Waals surface area contributed by atoms with Gasteiger partial charge in [0.2, 0.25) is 0 Å². The van der Waals surface area contributed by atoms with Gasteiger partial charge in [0, 0.05) is 0 Å². The molecule has 2 aliphatic rings. The molecule has 112 valence electrons. The second-order valence-corrected chi connectivity index (χ2v) is 6.08. The van der Waals surface area contributed by atoms with Crippen molar-refractivity contribution in [2.24, 2.45) is 11.8 Å². The highest BCUT2D eigenvalue weighted by molar-refractivity contribution is 6.09. The highest BCUT2D eigenvalue weighted by Crippen LogP contribution is 2.45. The van der Waals surface area contributed by atoms with Gasteiger partial charge in [-0.2, -0.15) is 0 Å². The molecule has 1 N–H and O–H groups in total. The van der Waals surface area contributed by atoms with Crippen LogP contribution in [0.1, 0.15) is 39.5 Å². The Morgan fingerprint density at radius 2 is 2.10 bits per heavy atom. The van der Waals surface area contributed by atoms with Gasteiger partial charge in [-0.25, -0.2) is 4.79 Å². The third-order valence-electron chi connectivity index (χ3n) is 4.11. The molecule has 0 unspecified atom stereocenters. The number of nitrogens with one attached hydrogen (secondary N) is 1. The fourth-order valence-corrected chi connectivity index (χ4v) is 2.72. The van der Waals surface area contributed by atoms with Crippen molar-refractivity contribution < 1.29 is 19.1 Å². The second-order valence-electron chi connectivity index (χ2n) is 6.08. The average molecular weight is 282 g/mol. The first kappa shape index (κ1) is 14.8. The van der Waals surface area contributed by atoms with Gasteiger partial charge in [-0.1, -0.05) is 13.8 Å². The maximum absolute atomic E-state index is 12.6. The fourth-order valence-electron chi connectivity index (χ4n) is 2.72. The van der Waals surface area contributed by atoms with Crippen LogP contribution in [-0.2, 0) is 14.3 Å². The Balaban J connectivity index is 2.15. The molecule has 2 rings (SSSR count). The summed E-state index contributed by atoms with van der Waals surface area (Å²) in [5.74, 6) is -0.176. The molecule has 0 bridgehead atoms. The molecular formula is C14H22N2O4. The van der Waals surface area contributed by atoms with Gasteiger partial charge in [-0.05, 0) is 37.5 Å². The lowest BCUT2D eigenvalue weighted by Crippen LogP contribution is -2.49. The molecule has 20 heavy (non-hydrogen) atoms. The number of hydrogen-bond acceptors (Lipinski definition) is 4. The first-order valence-corrected chi connectivity index (χ1v) is 7.11. The van der Waals surface area contributed by atoms with Crippen LogP contribution in [0.4, 0.5) is 4.79 Å². The van der Waals surface area contributed by atoms with Crippen LogP contribution in [-0.4, -0.2) is 42.0 Å². The van der Waals surface area contributed by atoms with Gasteiger partial charge in [0.15, 0.2) is 0 Å². The van der Waals surface area contributed by atoms with E-state index >= 15 is 0 Å². The van der Waals surface area contributed by atoms with Gasteiger partial charge in [0.1, 0.15) is 12.1 Å². The van der Waals surface area contributed by atoms with E-state index in [-0.39, 0.29) is 18.4 Å². The molecule has 1 saturated heterocycles. The van der Waals surface area contributed by atoms with Gasteiger partial charge < -0.3 is 10.1 Å². The van der Waals surface area contributed by atoms with Crippen LogP contribution in [0.2, 0.25) is 0 Å². The first-order valence-electron chi connectivity index (χ1n) is 7.11. The van der Waals surface area contributed by atoms with Crippen LogP contribution in [0.25, 0.3) is 0 Å². The molecule has 1 aliphatic carbocycles. The van der Waals surface area contributed by atoms with E-state index in [0.717, 1.165) is 24.2 Å². The summed E-state index contributed by atoms with van der Waals surface area (Å²) in [5, 5.41) is 2.84. The third kappa shape index (κ3) is 2.64. The van der Waals surface area contributed by atoms with E-state index in [1.807, 2.05) is 0 Å². The summed E-state index contributed by atoms with van der Waals surface area (Å²) in [4.78, 5) is 36.9. The summed E-state index contributed by atoms with van der Waals surface area (Å²) in [6, 6.07) is -0.476. The molecule has 1 atom stereocenters. The van der Waals surface area contributed by atoms with Crippen molar-refractivity contribution in [3.63, 3.8) is 0 Å². The number of hydrogen-bond donors (Lipinski definition) is 1. The zero-order valence-electron chi connectivity index (χ0n) is 12.3. The summed E-state index contributed by atoms with van der Waals surface area (Å²) in [6.45, 7) is 3.87. The lowest BCUT2D eigenvalue weighted by molar-refractivity contribution is -0.145. The van der Waals surface area contributed by atoms with Crippen molar-refractivity contribution in [3.05, 3.63) is 0 Å². The number of amides is 3. The van der Waals surface area contributed by atoms with Gasteiger partial charge in [-0.15, -0.1) is 0 Å². The zero-order valence-corrected chi connectivity index (χ0v) is 12.3. The minimum Gasteiger partial charge on any atom is -0.468 e. The van der Waals surface area contributed by atoms with Crippen molar-refractivity contribution in [2.75, 3.05) is 13.7 Å². The number of esters is 1. The molecule has 3 amide bonds. The predicted octanol–water partition coefficient (Wildman–Crippen LogP) is 1.30. The molecule has 1 heterocycles. The van der Waals surface area contributed by atoms with E-state index in [4.69, 9.17) is 0 Å². The van der Waals surface area contributed by atoms with Crippen LogP contribution in [0.3, 0.4) is 0 Å². The van der Waals surface area contributed by atoms with Crippen molar-refractivity contribution >= 4 is 17.9 Å². The van der Waals surface area contributed by atoms with Crippen LogP contribution in [0.5, 0.6) is 0 Å². The van der Waals surface area contributed by atoms with Crippen molar-refractivity contribution in [2.45, 2.75) is 45.1 Å². The Labute approximate surface area is 118 Å². The summed E-state index contributed by atoms with van der Waals surface area (Å²) >= 11 is 0. The fraction of sp³-hybridized carbons (Fsp3) is 0.786. The Hall–Kier alpha value is -1.59. The highest BCUT2D eigenvalue weighted by atomic mass is 16.5. The molecule has 1 saturated carbocycles. The summed E-state index contributed by atoms with van der Waals surface area (Å²) in [6.07, 6.45) is 3.42. The largest absolute Gasteiger partial charge is 0.468 e. The molecule has 0 spiro atoms. The van der Waals surface area contributed by atoms with Crippen molar-refractivity contribution in [3.8, 4) is 0 Å². The molecule has 0 radical (unpaired) electrons. The van der Waals surface area contributed by atoms with E-state index in [1.54, 1.807) is 0 Å². The Bertz CT molecular complexity index is 431. The molecule has 6 nitrogen and oxygen atoms in total. The Morgan fingerprint density at radius 1 is 1.45 bits per heavy atom. The van der Waals surface area contributed by atoms with E-state index < -0.39 is 17.5 Å². The lowest BCUT2D eigenvalue weighted by Gasteiger charge is -2.27. The highest BCUT2D eigenvalue weighted by Gasteiger charge is 2.58. The maximum atomic E-state index is 12.6. The van der Waals surface area contributed by atoms with E-state index in [1.165, 1.54) is 7.11 Å². The summed E-state index contributed by atoms with van der Waals surface area (Å²) in [7, 11) is 1.24. The maximum Gasteiger partial charge on any atom is 0.325 e. The quantitative estimate of drug-likeness (QED) is 0.588. The number of methoxy groups -OCH3 is 1. The van der Waals surface area contributed by atoms with Crippen molar-refractivity contribution in [1.82, 2.24) is 10.2 Å². The van der Waals surface area contributed by atoms with Gasteiger partial charge in [0.25, 0.3) is 5.91 Å². The smallest absolute Gasteiger partial charge is 0.325 e. The normalized spacial score (nSPS) is 26.1. The Kier molecular flexibility index (Phi) is 4.01. The lowest BCUT2D eigenvalue weighted by atomic mass is 9.85. The molecule has 0 aromatic rings. The first-order chi connectivity index (χ1) is 9.40. The van der Waals surface area contributed by atoms with E-state index in [0.29, 0.717) is 12.3 Å². The standard InChI is InChI=1S/C14H22N2O4/c1-9(2)6-7-14(10-4-5-10)12(18)16(13(19)15-14)8-11(17)20-3/h9-10H,4-8H2,1-3H3,(H,15,19)/t14-/m1/s1. The van der Waals surface area contributed by atoms with Crippen LogP contribution in [0, 0.1) is 11.8 Å². The van der Waals surface area contributed by atoms with Crippen LogP contribution < -0.4 is 5.32 Å². The SMILES string of the molecule is COC(=O)CN1C(=O)N[C@](CCC(C)C)(C2CC2)C1=O. The molecule has 2 fully saturated rings. The number of rotatable bonds is 6. The molecule has 0 aromatic heterocycles. The van der Waals surface area contributed by atoms with Gasteiger partial charge in [0.05, 0.1) is 7.11 Å². The molecule has 0 aromatic carbocycles. The van der Waals surface area contributed by atoms with E-state index in [2.05, 4.69) is 23.9 Å². The monoisotopic (exact) mass is 282 g/mol. The predicted molar refractivity (Wildman–Crippen MR) is 71.8 cm³/mol. The van der Waals surface area contributed by atoms with Crippen LogP contribution >= 0.6 is 0 Å². The third-order valence-corrected chi connectivity index (χ3v) is 4.11. The molecule has 1 aliphatic heterocycles. The second kappa shape index (κ2) is 5.42. The topological polar surface area (TPSA) is 75.7 Å². The number of ether oxygens (including phenoxy) is 1. The van der Waals surface area contributed by atoms with Crippen LogP contribution in [0.15, 0.2) is 0 Å². The number of urea groups is 1. The minimum absolute atomic E-state index is 0.209. The van der Waals surface area contributed by atoms with Crippen molar-refractivity contribution in [1.29, 1.82) is 0 Å². The van der Waals surface area contributed by atoms with Gasteiger partial charge in [-0.3, -0.25) is 14.5 Å². The molecule has 6 heteroatoms. The van der Waals surface area contributed by atoms with Gasteiger partial charge >= 0.3 is 12.0 Å². The average Bonchev–Trinajstić information content (AvgIpc) is 3.20. The number of carbonyl (C=O) groups excluding carboxylic acids is 3.